The van der Waals surface area contributed by atoms with Crippen LogP contribution in [0.1, 0.15) is 13.8 Å². The van der Waals surface area contributed by atoms with E-state index in [1.165, 1.54) is 12.3 Å². The zero-order valence-electron chi connectivity index (χ0n) is 9.10. The lowest BCUT2D eigenvalue weighted by molar-refractivity contribution is -0.223. The number of ether oxygens (including phenoxy) is 2. The maximum atomic E-state index is 12.3. The Hall–Kier alpha value is -1.42. The third-order valence-electron chi connectivity index (χ3n) is 3.91. The number of carbonyl (C=O) groups excluding carboxylic acids is 2. The highest BCUT2D eigenvalue weighted by Crippen LogP contribution is 2.46. The van der Waals surface area contributed by atoms with Crippen molar-refractivity contribution in [1.29, 1.82) is 0 Å². The van der Waals surface area contributed by atoms with Crippen molar-refractivity contribution in [3.05, 3.63) is 24.5 Å². The molecule has 4 atom stereocenters. The molecule has 84 valence electrons. The standard InChI is InChI=1S/C12H12O4/c1-11-9(13)4-3-8(16-11)7-5-6-15-12(11,2)10(7)14/h3-8H,1-2H3/t7-,8-,11+,12-/m0/s1. The molecule has 16 heavy (non-hydrogen) atoms. The second kappa shape index (κ2) is 2.63. The first-order valence-electron chi connectivity index (χ1n) is 5.28. The molecule has 3 aliphatic rings. The number of Topliss-reactive ketones (excluding diaryl/α,β-unsaturated/α-hetero) is 1. The van der Waals surface area contributed by atoms with Crippen LogP contribution in [-0.2, 0) is 19.1 Å². The summed E-state index contributed by atoms with van der Waals surface area (Å²) in [5, 5.41) is 0. The molecule has 0 N–H and O–H groups in total. The van der Waals surface area contributed by atoms with Crippen LogP contribution < -0.4 is 0 Å². The number of carbonyl (C=O) groups is 2. The van der Waals surface area contributed by atoms with Crippen molar-refractivity contribution in [2.75, 3.05) is 0 Å². The number of rotatable bonds is 0. The number of hydrogen-bond acceptors (Lipinski definition) is 4. The minimum absolute atomic E-state index is 0.0774. The van der Waals surface area contributed by atoms with E-state index in [0.29, 0.717) is 0 Å². The summed E-state index contributed by atoms with van der Waals surface area (Å²) in [5.41, 5.74) is -2.41. The molecule has 4 nitrogen and oxygen atoms in total. The van der Waals surface area contributed by atoms with Gasteiger partial charge < -0.3 is 9.47 Å². The lowest BCUT2D eigenvalue weighted by Crippen LogP contribution is -2.71. The van der Waals surface area contributed by atoms with E-state index in [1.807, 2.05) is 0 Å². The Bertz CT molecular complexity index is 448. The molecule has 0 spiro atoms. The van der Waals surface area contributed by atoms with Gasteiger partial charge in [0.05, 0.1) is 18.3 Å². The molecule has 4 heteroatoms. The van der Waals surface area contributed by atoms with Crippen LogP contribution in [-0.4, -0.2) is 28.9 Å². The molecule has 4 bridgehead atoms. The molecule has 3 heterocycles. The van der Waals surface area contributed by atoms with E-state index < -0.39 is 11.2 Å². The Balaban J connectivity index is 2.25. The minimum Gasteiger partial charge on any atom is -0.484 e. The molecule has 0 aromatic heterocycles. The number of ketones is 2. The van der Waals surface area contributed by atoms with Gasteiger partial charge in [-0.25, -0.2) is 0 Å². The Morgan fingerprint density at radius 3 is 2.69 bits per heavy atom. The quantitative estimate of drug-likeness (QED) is 0.605. The van der Waals surface area contributed by atoms with Crippen molar-refractivity contribution in [1.82, 2.24) is 0 Å². The highest BCUT2D eigenvalue weighted by atomic mass is 16.6. The summed E-state index contributed by atoms with van der Waals surface area (Å²) < 4.78 is 11.1. The van der Waals surface area contributed by atoms with Crippen molar-refractivity contribution in [2.45, 2.75) is 31.2 Å². The maximum absolute atomic E-state index is 12.3. The van der Waals surface area contributed by atoms with Crippen LogP contribution in [0.3, 0.4) is 0 Å². The van der Waals surface area contributed by atoms with Gasteiger partial charge in [0.1, 0.15) is 0 Å². The van der Waals surface area contributed by atoms with Crippen molar-refractivity contribution in [2.24, 2.45) is 5.92 Å². The van der Waals surface area contributed by atoms with E-state index in [2.05, 4.69) is 0 Å². The lowest BCUT2D eigenvalue weighted by atomic mass is 9.68. The van der Waals surface area contributed by atoms with E-state index >= 15 is 0 Å². The predicted molar refractivity (Wildman–Crippen MR) is 54.6 cm³/mol. The summed E-state index contributed by atoms with van der Waals surface area (Å²) in [5.74, 6) is -0.629. The van der Waals surface area contributed by atoms with Gasteiger partial charge in [0, 0.05) is 0 Å². The van der Waals surface area contributed by atoms with Gasteiger partial charge >= 0.3 is 0 Å². The topological polar surface area (TPSA) is 52.6 Å². The fourth-order valence-electron chi connectivity index (χ4n) is 2.58. The van der Waals surface area contributed by atoms with Gasteiger partial charge in [0.2, 0.25) is 0 Å². The predicted octanol–water partition coefficient (Wildman–Crippen LogP) is 0.771. The van der Waals surface area contributed by atoms with Crippen LogP contribution in [0.25, 0.3) is 0 Å². The van der Waals surface area contributed by atoms with Crippen LogP contribution in [0.2, 0.25) is 0 Å². The first kappa shape index (κ1) is 9.78. The molecule has 0 aromatic carbocycles. The van der Waals surface area contributed by atoms with Gasteiger partial charge in [-0.05, 0) is 26.0 Å². The molecule has 0 aromatic rings. The molecular formula is C12H12O4. The van der Waals surface area contributed by atoms with Crippen LogP contribution >= 0.6 is 0 Å². The normalized spacial score (nSPS) is 49.1. The third kappa shape index (κ3) is 0.849. The second-order valence-corrected chi connectivity index (χ2v) is 4.71. The van der Waals surface area contributed by atoms with E-state index in [0.717, 1.165) is 0 Å². The zero-order chi connectivity index (χ0) is 11.6. The highest BCUT2D eigenvalue weighted by Gasteiger charge is 2.65. The summed E-state index contributed by atoms with van der Waals surface area (Å²) in [6.45, 7) is 3.25. The van der Waals surface area contributed by atoms with Crippen molar-refractivity contribution >= 4 is 11.6 Å². The smallest absolute Gasteiger partial charge is 0.199 e. The van der Waals surface area contributed by atoms with E-state index in [1.54, 1.807) is 26.0 Å². The molecule has 0 radical (unpaired) electrons. The third-order valence-corrected chi connectivity index (χ3v) is 3.91. The van der Waals surface area contributed by atoms with Gasteiger partial charge in [-0.15, -0.1) is 0 Å². The molecule has 1 fully saturated rings. The molecule has 1 saturated heterocycles. The Morgan fingerprint density at radius 1 is 1.19 bits per heavy atom. The molecule has 3 aliphatic heterocycles. The molecule has 0 amide bonds. The lowest BCUT2D eigenvalue weighted by Gasteiger charge is -2.53. The average Bonchev–Trinajstić information content (AvgIpc) is 2.24. The zero-order valence-corrected chi connectivity index (χ0v) is 9.10. The summed E-state index contributed by atoms with van der Waals surface area (Å²) >= 11 is 0. The highest BCUT2D eigenvalue weighted by molar-refractivity contribution is 6.07. The van der Waals surface area contributed by atoms with E-state index in [-0.39, 0.29) is 23.6 Å². The maximum Gasteiger partial charge on any atom is 0.199 e. The second-order valence-electron chi connectivity index (χ2n) is 4.71. The van der Waals surface area contributed by atoms with Gasteiger partial charge in [-0.3, -0.25) is 9.59 Å². The van der Waals surface area contributed by atoms with Crippen LogP contribution in [0, 0.1) is 5.92 Å². The summed E-state index contributed by atoms with van der Waals surface area (Å²) in [4.78, 5) is 24.2. The Morgan fingerprint density at radius 2 is 1.94 bits per heavy atom. The van der Waals surface area contributed by atoms with Gasteiger partial charge in [0.25, 0.3) is 0 Å². The molecular weight excluding hydrogens is 208 g/mol. The largest absolute Gasteiger partial charge is 0.484 e. The number of fused-ring (bicyclic) bond motifs is 6. The van der Waals surface area contributed by atoms with Crippen molar-refractivity contribution in [3.63, 3.8) is 0 Å². The summed E-state index contributed by atoms with van der Waals surface area (Å²) in [7, 11) is 0. The molecule has 3 rings (SSSR count). The van der Waals surface area contributed by atoms with Crippen LogP contribution in [0.5, 0.6) is 0 Å². The average molecular weight is 220 g/mol. The Kier molecular flexibility index (Phi) is 1.61. The molecule has 0 aliphatic carbocycles. The fourth-order valence-corrected chi connectivity index (χ4v) is 2.58. The van der Waals surface area contributed by atoms with Crippen LogP contribution in [0.4, 0.5) is 0 Å². The summed E-state index contributed by atoms with van der Waals surface area (Å²) in [6, 6.07) is 0. The summed E-state index contributed by atoms with van der Waals surface area (Å²) in [6.07, 6.45) is 6.00. The van der Waals surface area contributed by atoms with Crippen LogP contribution in [0.15, 0.2) is 24.5 Å². The SMILES string of the molecule is C[C@]12OC=C[C@H](C1=O)[C@@H]1C=CC(=O)[C@@]2(C)O1. The van der Waals surface area contributed by atoms with Gasteiger partial charge in [0.15, 0.2) is 22.8 Å². The fraction of sp³-hybridized carbons (Fsp3) is 0.500. The minimum atomic E-state index is -1.20. The van der Waals surface area contributed by atoms with Gasteiger partial charge in [-0.1, -0.05) is 6.08 Å². The van der Waals surface area contributed by atoms with Crippen molar-refractivity contribution in [3.8, 4) is 0 Å². The van der Waals surface area contributed by atoms with E-state index in [4.69, 9.17) is 9.47 Å². The number of hydrogen-bond donors (Lipinski definition) is 0. The van der Waals surface area contributed by atoms with Crippen molar-refractivity contribution < 1.29 is 19.1 Å². The monoisotopic (exact) mass is 220 g/mol. The molecule has 0 saturated carbocycles. The first-order chi connectivity index (χ1) is 7.49. The van der Waals surface area contributed by atoms with E-state index in [9.17, 15) is 9.59 Å². The van der Waals surface area contributed by atoms with Gasteiger partial charge in [-0.2, -0.15) is 0 Å². The molecule has 0 unspecified atom stereocenters. The Labute approximate surface area is 92.9 Å². The first-order valence-corrected chi connectivity index (χ1v) is 5.28.